The number of amides is 1. The lowest BCUT2D eigenvalue weighted by Crippen LogP contribution is -2.55. The summed E-state index contributed by atoms with van der Waals surface area (Å²) in [4.78, 5) is 21.9. The normalized spacial score (nSPS) is 25.2. The van der Waals surface area contributed by atoms with Crippen molar-refractivity contribution in [1.82, 2.24) is 15.2 Å². The van der Waals surface area contributed by atoms with Gasteiger partial charge >= 0.3 is 0 Å². The molecule has 1 aromatic heterocycles. The number of piperazine rings is 1. The lowest BCUT2D eigenvalue weighted by atomic mass is 10.1. The van der Waals surface area contributed by atoms with E-state index in [4.69, 9.17) is 16.3 Å². The van der Waals surface area contributed by atoms with Crippen LogP contribution in [-0.2, 0) is 0 Å². The summed E-state index contributed by atoms with van der Waals surface area (Å²) in [6.45, 7) is 4.17. The molecule has 0 aliphatic carbocycles. The van der Waals surface area contributed by atoms with Gasteiger partial charge in [-0.15, -0.1) is 0 Å². The maximum Gasteiger partial charge on any atom is 0.261 e. The summed E-state index contributed by atoms with van der Waals surface area (Å²) in [5, 5.41) is 23.9. The van der Waals surface area contributed by atoms with Crippen LogP contribution in [0.1, 0.15) is 23.7 Å². The van der Waals surface area contributed by atoms with Crippen molar-refractivity contribution in [2.24, 2.45) is 0 Å². The molecule has 5 rings (SSSR count). The number of aromatic nitrogens is 1. The van der Waals surface area contributed by atoms with Gasteiger partial charge in [-0.05, 0) is 25.5 Å². The molecule has 0 bridgehead atoms. The first-order chi connectivity index (χ1) is 15.4. The Morgan fingerprint density at radius 3 is 2.84 bits per heavy atom. The fourth-order valence-electron chi connectivity index (χ4n) is 4.78. The van der Waals surface area contributed by atoms with Gasteiger partial charge in [0.2, 0.25) is 0 Å². The minimum absolute atomic E-state index is 0.00426. The average Bonchev–Trinajstić information content (AvgIpc) is 3.02. The van der Waals surface area contributed by atoms with E-state index in [1.807, 2.05) is 11.8 Å². The Morgan fingerprint density at radius 2 is 2.12 bits per heavy atom. The van der Waals surface area contributed by atoms with Crippen molar-refractivity contribution in [2.45, 2.75) is 31.5 Å². The number of aromatic hydroxyl groups is 1. The Bertz CT molecular complexity index is 1060. The number of nitrogens with zero attached hydrogens (tertiary/aromatic N) is 3. The summed E-state index contributed by atoms with van der Waals surface area (Å²) in [7, 11) is 0. The molecule has 0 unspecified atom stereocenters. The summed E-state index contributed by atoms with van der Waals surface area (Å²) in [5.41, 5.74) is 0.0453. The Hall–Kier alpha value is -2.62. The molecule has 3 N–H and O–H groups in total. The smallest absolute Gasteiger partial charge is 0.261 e. The van der Waals surface area contributed by atoms with Crippen molar-refractivity contribution in [3.05, 3.63) is 34.6 Å². The first kappa shape index (κ1) is 21.2. The highest BCUT2D eigenvalue weighted by atomic mass is 35.5. The van der Waals surface area contributed by atoms with E-state index < -0.39 is 11.9 Å². The van der Waals surface area contributed by atoms with Crippen molar-refractivity contribution < 1.29 is 24.1 Å². The van der Waals surface area contributed by atoms with Crippen LogP contribution in [-0.4, -0.2) is 77.0 Å². The number of aliphatic hydroxyl groups excluding tert-OH is 1. The second-order valence-electron chi connectivity index (χ2n) is 8.49. The zero-order valence-electron chi connectivity index (χ0n) is 17.5. The van der Waals surface area contributed by atoms with E-state index in [1.54, 1.807) is 4.90 Å². The van der Waals surface area contributed by atoms with E-state index in [9.17, 15) is 19.4 Å². The van der Waals surface area contributed by atoms with E-state index in [2.05, 4.69) is 10.3 Å². The lowest BCUT2D eigenvalue weighted by Gasteiger charge is -2.34. The number of phenols is 1. The molecule has 1 aromatic carbocycles. The van der Waals surface area contributed by atoms with Crippen LogP contribution in [0.5, 0.6) is 11.5 Å². The van der Waals surface area contributed by atoms with Crippen molar-refractivity contribution >= 4 is 23.3 Å². The second-order valence-corrected chi connectivity index (χ2v) is 8.87. The number of carbonyl (C=O) groups excluding carboxylic acids is 1. The van der Waals surface area contributed by atoms with Crippen LogP contribution in [0.3, 0.4) is 0 Å². The molecule has 3 aliphatic heterocycles. The van der Waals surface area contributed by atoms with Crippen LogP contribution in [0.25, 0.3) is 11.3 Å². The SMILES string of the molecule is C[C@H]1C[C@H](O)CN1c1nc(-c2c(O)cccc2F)c(Cl)c2c1C(=O)N1CCNC[C@@H]1CO2. The van der Waals surface area contributed by atoms with Gasteiger partial charge in [0.25, 0.3) is 5.91 Å². The molecule has 3 atom stereocenters. The van der Waals surface area contributed by atoms with E-state index in [0.717, 1.165) is 0 Å². The first-order valence-electron chi connectivity index (χ1n) is 10.7. The summed E-state index contributed by atoms with van der Waals surface area (Å²) in [6, 6.07) is 3.65. The molecule has 170 valence electrons. The second kappa shape index (κ2) is 8.06. The summed E-state index contributed by atoms with van der Waals surface area (Å²) in [6.07, 6.45) is -0.0813. The van der Waals surface area contributed by atoms with Crippen LogP contribution >= 0.6 is 11.6 Å². The van der Waals surface area contributed by atoms with Gasteiger partial charge in [0.1, 0.15) is 40.3 Å². The standard InChI is InChI=1S/C22H24ClFN4O4/c1-11-7-13(29)9-28(11)21-17-20(32-10-12-8-25-5-6-27(12)22(17)31)18(23)19(26-21)16-14(24)3-2-4-15(16)30/h2-4,11-13,25,29-30H,5-10H2,1H3/t11-,12+,13-/m0/s1. The minimum atomic E-state index is -0.693. The van der Waals surface area contributed by atoms with Crippen LogP contribution in [0, 0.1) is 5.82 Å². The third kappa shape index (κ3) is 3.35. The van der Waals surface area contributed by atoms with Crippen molar-refractivity contribution in [3.63, 3.8) is 0 Å². The van der Waals surface area contributed by atoms with Gasteiger partial charge < -0.3 is 30.1 Å². The third-order valence-corrected chi connectivity index (χ3v) is 6.72. The van der Waals surface area contributed by atoms with E-state index in [-0.39, 0.29) is 70.3 Å². The highest BCUT2D eigenvalue weighted by Crippen LogP contribution is 2.46. The van der Waals surface area contributed by atoms with Crippen LogP contribution in [0.4, 0.5) is 10.2 Å². The number of anilines is 1. The van der Waals surface area contributed by atoms with Crippen molar-refractivity contribution in [3.8, 4) is 22.8 Å². The summed E-state index contributed by atoms with van der Waals surface area (Å²) < 4.78 is 20.8. The number of pyridine rings is 1. The van der Waals surface area contributed by atoms with Crippen molar-refractivity contribution in [1.29, 1.82) is 0 Å². The molecule has 0 radical (unpaired) electrons. The molecule has 10 heteroatoms. The average molecular weight is 463 g/mol. The zero-order valence-corrected chi connectivity index (χ0v) is 18.3. The molecule has 2 fully saturated rings. The predicted molar refractivity (Wildman–Crippen MR) is 117 cm³/mol. The van der Waals surface area contributed by atoms with Crippen LogP contribution in [0.15, 0.2) is 18.2 Å². The molecule has 4 heterocycles. The highest BCUT2D eigenvalue weighted by Gasteiger charge is 2.41. The molecular weight excluding hydrogens is 439 g/mol. The van der Waals surface area contributed by atoms with Gasteiger partial charge in [0.05, 0.1) is 17.7 Å². The number of benzene rings is 1. The molecule has 1 amide bonds. The largest absolute Gasteiger partial charge is 0.507 e. The number of phenolic OH excluding ortho intramolecular Hbond substituents is 1. The quantitative estimate of drug-likeness (QED) is 0.628. The van der Waals surface area contributed by atoms with Crippen LogP contribution < -0.4 is 15.0 Å². The molecule has 32 heavy (non-hydrogen) atoms. The van der Waals surface area contributed by atoms with Gasteiger partial charge in [0, 0.05) is 32.2 Å². The predicted octanol–water partition coefficient (Wildman–Crippen LogP) is 2.01. The first-order valence-corrected chi connectivity index (χ1v) is 11.0. The molecule has 2 aromatic rings. The molecular formula is C22H24ClFN4O4. The molecule has 3 aliphatic rings. The van der Waals surface area contributed by atoms with Crippen LogP contribution in [0.2, 0.25) is 5.02 Å². The van der Waals surface area contributed by atoms with Gasteiger partial charge in [0.15, 0.2) is 5.75 Å². The monoisotopic (exact) mass is 462 g/mol. The molecule has 0 spiro atoms. The Balaban J connectivity index is 1.76. The number of halogens is 2. The van der Waals surface area contributed by atoms with Crippen molar-refractivity contribution in [2.75, 3.05) is 37.7 Å². The number of hydrogen-bond donors (Lipinski definition) is 3. The van der Waals surface area contributed by atoms with Gasteiger partial charge in [-0.3, -0.25) is 4.79 Å². The fourth-order valence-corrected chi connectivity index (χ4v) is 5.06. The fraction of sp³-hybridized carbons (Fsp3) is 0.455. The summed E-state index contributed by atoms with van der Waals surface area (Å²) in [5.74, 6) is -0.869. The van der Waals surface area contributed by atoms with Gasteiger partial charge in [-0.2, -0.15) is 0 Å². The zero-order chi connectivity index (χ0) is 22.6. The third-order valence-electron chi connectivity index (χ3n) is 6.37. The number of hydrogen-bond acceptors (Lipinski definition) is 7. The van der Waals surface area contributed by atoms with Gasteiger partial charge in [-0.1, -0.05) is 17.7 Å². The molecule has 2 saturated heterocycles. The molecule has 8 nitrogen and oxygen atoms in total. The Kier molecular flexibility index (Phi) is 5.35. The van der Waals surface area contributed by atoms with E-state index >= 15 is 0 Å². The van der Waals surface area contributed by atoms with Gasteiger partial charge in [-0.25, -0.2) is 9.37 Å². The number of fused-ring (bicyclic) bond motifs is 2. The lowest BCUT2D eigenvalue weighted by molar-refractivity contribution is 0.0606. The summed E-state index contributed by atoms with van der Waals surface area (Å²) >= 11 is 6.66. The van der Waals surface area contributed by atoms with E-state index in [1.165, 1.54) is 18.2 Å². The minimum Gasteiger partial charge on any atom is -0.507 e. The molecule has 0 saturated carbocycles. The number of β-amino-alcohol motifs (C(OH)–C–C–N with tert-alkyl or cyclic N) is 1. The number of carbonyl (C=O) groups is 1. The number of nitrogens with one attached hydrogen (secondary N) is 1. The maximum absolute atomic E-state index is 14.8. The number of aliphatic hydroxyl groups is 1. The number of ether oxygens (including phenoxy) is 1. The highest BCUT2D eigenvalue weighted by molar-refractivity contribution is 6.35. The Morgan fingerprint density at radius 1 is 1.31 bits per heavy atom. The maximum atomic E-state index is 14.8. The van der Waals surface area contributed by atoms with E-state index in [0.29, 0.717) is 26.1 Å². The topological polar surface area (TPSA) is 98.2 Å². The number of rotatable bonds is 2. The Labute approximate surface area is 189 Å².